The van der Waals surface area contributed by atoms with Crippen molar-refractivity contribution >= 4 is 70.1 Å². The number of nitrogens with zero attached hydrogens (tertiary/aromatic N) is 1. The van der Waals surface area contributed by atoms with Crippen molar-refractivity contribution in [1.82, 2.24) is 0 Å². The molecule has 49 heavy (non-hydrogen) atoms. The van der Waals surface area contributed by atoms with Crippen molar-refractivity contribution < 1.29 is 0 Å². The zero-order chi connectivity index (χ0) is 32.7. The van der Waals surface area contributed by atoms with Gasteiger partial charge in [-0.3, -0.25) is 0 Å². The second kappa shape index (κ2) is 10.7. The first-order valence-electron chi connectivity index (χ1n) is 17.0. The standard InChI is InChI=1S/C47H33NS/c1-47(2)41-17-9-7-16-39(41)45-42(28-34-13-5-6-14-37(34)46(45)47)48(36-25-26-44-40(29-36)38-15-8-10-18-43(38)49-44)35-23-21-31(22-24-35)33-20-19-30-11-3-4-12-32(30)27-33/h3-29H,1-2H3. The van der Waals surface area contributed by atoms with Crippen molar-refractivity contribution in [3.05, 3.63) is 175 Å². The molecule has 10 rings (SSSR count). The average molecular weight is 644 g/mol. The van der Waals surface area contributed by atoms with E-state index < -0.39 is 0 Å². The monoisotopic (exact) mass is 643 g/mol. The molecule has 0 aliphatic heterocycles. The maximum atomic E-state index is 2.50. The summed E-state index contributed by atoms with van der Waals surface area (Å²) in [7, 11) is 0. The summed E-state index contributed by atoms with van der Waals surface area (Å²) in [5.41, 5.74) is 11.3. The van der Waals surface area contributed by atoms with Gasteiger partial charge in [-0.2, -0.15) is 0 Å². The van der Waals surface area contributed by atoms with Crippen LogP contribution in [0, 0.1) is 0 Å². The second-order valence-electron chi connectivity index (χ2n) is 13.8. The van der Waals surface area contributed by atoms with E-state index in [1.165, 1.54) is 80.8 Å². The van der Waals surface area contributed by atoms with E-state index in [2.05, 4.69) is 183 Å². The fraction of sp³-hybridized carbons (Fsp3) is 0.0638. The lowest BCUT2D eigenvalue weighted by molar-refractivity contribution is 0.666. The van der Waals surface area contributed by atoms with Crippen molar-refractivity contribution in [3.63, 3.8) is 0 Å². The van der Waals surface area contributed by atoms with Gasteiger partial charge < -0.3 is 4.90 Å². The molecule has 0 saturated heterocycles. The zero-order valence-electron chi connectivity index (χ0n) is 27.4. The molecule has 232 valence electrons. The van der Waals surface area contributed by atoms with Crippen molar-refractivity contribution in [2.45, 2.75) is 19.3 Å². The minimum Gasteiger partial charge on any atom is -0.310 e. The van der Waals surface area contributed by atoms with Gasteiger partial charge in [-0.05, 0) is 97.9 Å². The predicted molar refractivity (Wildman–Crippen MR) is 212 cm³/mol. The number of benzene rings is 8. The Kier molecular flexibility index (Phi) is 6.16. The Morgan fingerprint density at radius 3 is 1.98 bits per heavy atom. The molecule has 1 aromatic heterocycles. The third-order valence-corrected chi connectivity index (χ3v) is 11.7. The van der Waals surface area contributed by atoms with Crippen molar-refractivity contribution in [2.24, 2.45) is 0 Å². The fourth-order valence-electron chi connectivity index (χ4n) is 8.26. The van der Waals surface area contributed by atoms with Crippen LogP contribution in [0.3, 0.4) is 0 Å². The number of hydrogen-bond donors (Lipinski definition) is 0. The molecule has 0 unspecified atom stereocenters. The van der Waals surface area contributed by atoms with E-state index in [9.17, 15) is 0 Å². The highest BCUT2D eigenvalue weighted by Crippen LogP contribution is 2.57. The van der Waals surface area contributed by atoms with Crippen LogP contribution < -0.4 is 4.90 Å². The Balaban J connectivity index is 1.24. The first-order chi connectivity index (χ1) is 24.0. The summed E-state index contributed by atoms with van der Waals surface area (Å²) >= 11 is 1.87. The Hall–Kier alpha value is -5.70. The van der Waals surface area contributed by atoms with Crippen LogP contribution >= 0.6 is 11.3 Å². The summed E-state index contributed by atoms with van der Waals surface area (Å²) < 4.78 is 2.63. The van der Waals surface area contributed by atoms with Crippen LogP contribution in [0.25, 0.3) is 64.0 Å². The van der Waals surface area contributed by atoms with Gasteiger partial charge in [-0.1, -0.05) is 129 Å². The Morgan fingerprint density at radius 1 is 0.469 bits per heavy atom. The minimum absolute atomic E-state index is 0.138. The minimum atomic E-state index is -0.138. The lowest BCUT2D eigenvalue weighted by atomic mass is 9.80. The summed E-state index contributed by atoms with van der Waals surface area (Å²) in [5, 5.41) is 7.72. The van der Waals surface area contributed by atoms with Crippen molar-refractivity contribution in [2.75, 3.05) is 4.90 Å². The lowest BCUT2D eigenvalue weighted by Crippen LogP contribution is -2.16. The normalized spacial score (nSPS) is 13.3. The largest absolute Gasteiger partial charge is 0.310 e. The molecule has 9 aromatic rings. The molecule has 0 fully saturated rings. The predicted octanol–water partition coefficient (Wildman–Crippen LogP) is 13.8. The highest BCUT2D eigenvalue weighted by Gasteiger charge is 2.39. The van der Waals surface area contributed by atoms with Crippen LogP contribution in [0.1, 0.15) is 25.0 Å². The summed E-state index contributed by atoms with van der Waals surface area (Å²) in [6, 6.07) is 60.7. The van der Waals surface area contributed by atoms with E-state index in [1.807, 2.05) is 11.3 Å². The summed E-state index contributed by atoms with van der Waals surface area (Å²) in [4.78, 5) is 2.50. The molecule has 0 bridgehead atoms. The highest BCUT2D eigenvalue weighted by molar-refractivity contribution is 7.25. The zero-order valence-corrected chi connectivity index (χ0v) is 28.3. The topological polar surface area (TPSA) is 3.24 Å². The molecule has 0 saturated carbocycles. The van der Waals surface area contributed by atoms with Gasteiger partial charge in [0, 0.05) is 42.5 Å². The summed E-state index contributed by atoms with van der Waals surface area (Å²) in [6.07, 6.45) is 0. The van der Waals surface area contributed by atoms with Crippen LogP contribution in [0.2, 0.25) is 0 Å². The molecule has 0 spiro atoms. The lowest BCUT2D eigenvalue weighted by Gasteiger charge is -2.30. The van der Waals surface area contributed by atoms with E-state index in [1.54, 1.807) is 0 Å². The number of hydrogen-bond acceptors (Lipinski definition) is 2. The van der Waals surface area contributed by atoms with E-state index >= 15 is 0 Å². The molecule has 0 amide bonds. The van der Waals surface area contributed by atoms with Gasteiger partial charge in [-0.25, -0.2) is 0 Å². The van der Waals surface area contributed by atoms with Gasteiger partial charge in [0.15, 0.2) is 0 Å². The van der Waals surface area contributed by atoms with Crippen LogP contribution in [-0.4, -0.2) is 0 Å². The van der Waals surface area contributed by atoms with Gasteiger partial charge in [0.2, 0.25) is 0 Å². The molecule has 1 heterocycles. The number of thiophene rings is 1. The number of fused-ring (bicyclic) bond motifs is 9. The smallest absolute Gasteiger partial charge is 0.0549 e. The van der Waals surface area contributed by atoms with Crippen LogP contribution in [0.15, 0.2) is 164 Å². The molecule has 1 aliphatic carbocycles. The maximum absolute atomic E-state index is 2.50. The molecule has 1 aliphatic rings. The molecular weight excluding hydrogens is 611 g/mol. The molecule has 0 atom stereocenters. The Bertz CT molecular complexity index is 2750. The number of anilines is 3. The van der Waals surface area contributed by atoms with Crippen molar-refractivity contribution in [3.8, 4) is 22.3 Å². The van der Waals surface area contributed by atoms with E-state index in [0.29, 0.717) is 0 Å². The van der Waals surface area contributed by atoms with Gasteiger partial charge in [0.05, 0.1) is 5.69 Å². The van der Waals surface area contributed by atoms with Gasteiger partial charge in [0.1, 0.15) is 0 Å². The average Bonchev–Trinajstić information content (AvgIpc) is 3.64. The quantitative estimate of drug-likeness (QED) is 0.184. The molecule has 2 heteroatoms. The Morgan fingerprint density at radius 2 is 1.12 bits per heavy atom. The van der Waals surface area contributed by atoms with Gasteiger partial charge in [0.25, 0.3) is 0 Å². The maximum Gasteiger partial charge on any atom is 0.0549 e. The van der Waals surface area contributed by atoms with E-state index in [0.717, 1.165) is 11.4 Å². The molecule has 8 aromatic carbocycles. The Labute approximate surface area is 290 Å². The number of rotatable bonds is 4. The first-order valence-corrected chi connectivity index (χ1v) is 17.8. The van der Waals surface area contributed by atoms with Gasteiger partial charge >= 0.3 is 0 Å². The van der Waals surface area contributed by atoms with Crippen LogP contribution in [0.5, 0.6) is 0 Å². The third kappa shape index (κ3) is 4.31. The molecule has 0 N–H and O–H groups in total. The van der Waals surface area contributed by atoms with Gasteiger partial charge in [-0.15, -0.1) is 11.3 Å². The van der Waals surface area contributed by atoms with E-state index in [-0.39, 0.29) is 5.41 Å². The SMILES string of the molecule is CC1(C)c2ccccc2-c2c(N(c3ccc(-c4ccc5ccccc5c4)cc3)c3ccc4sc5ccccc5c4c3)cc3ccccc3c21. The fourth-order valence-corrected chi connectivity index (χ4v) is 9.35. The van der Waals surface area contributed by atoms with Crippen molar-refractivity contribution in [1.29, 1.82) is 0 Å². The van der Waals surface area contributed by atoms with E-state index in [4.69, 9.17) is 0 Å². The first kappa shape index (κ1) is 28.3. The van der Waals surface area contributed by atoms with Crippen LogP contribution in [0.4, 0.5) is 17.1 Å². The van der Waals surface area contributed by atoms with Crippen LogP contribution in [-0.2, 0) is 5.41 Å². The summed E-state index contributed by atoms with van der Waals surface area (Å²) in [5.74, 6) is 0. The summed E-state index contributed by atoms with van der Waals surface area (Å²) in [6.45, 7) is 4.78. The highest BCUT2D eigenvalue weighted by atomic mass is 32.1. The second-order valence-corrected chi connectivity index (χ2v) is 14.8. The molecule has 0 radical (unpaired) electrons. The third-order valence-electron chi connectivity index (χ3n) is 10.6. The molecular formula is C47H33NS. The molecule has 1 nitrogen and oxygen atoms in total.